The van der Waals surface area contributed by atoms with Crippen LogP contribution < -0.4 is 11.1 Å². The van der Waals surface area contributed by atoms with Crippen molar-refractivity contribution in [3.63, 3.8) is 0 Å². The van der Waals surface area contributed by atoms with Gasteiger partial charge in [-0.25, -0.2) is 0 Å². The molecule has 3 heteroatoms. The number of piperidine rings is 1. The molecule has 4 unspecified atom stereocenters. The monoisotopic (exact) mass is 286 g/mol. The summed E-state index contributed by atoms with van der Waals surface area (Å²) in [7, 11) is 0. The fourth-order valence-corrected chi connectivity index (χ4v) is 4.31. The maximum atomic E-state index is 11.8. The lowest BCUT2D eigenvalue weighted by Gasteiger charge is -2.39. The lowest BCUT2D eigenvalue weighted by atomic mass is 9.76. The lowest BCUT2D eigenvalue weighted by Crippen LogP contribution is -2.55. The highest BCUT2D eigenvalue weighted by atomic mass is 16.1. The normalized spacial score (nSPS) is 31.9. The van der Waals surface area contributed by atoms with Crippen molar-refractivity contribution in [3.05, 3.63) is 34.9 Å². The molecule has 1 aliphatic carbocycles. The van der Waals surface area contributed by atoms with Gasteiger partial charge in [0.05, 0.1) is 5.92 Å². The molecule has 1 amide bonds. The highest BCUT2D eigenvalue weighted by Crippen LogP contribution is 2.29. The second kappa shape index (κ2) is 5.80. The smallest absolute Gasteiger partial charge is 0.222 e. The van der Waals surface area contributed by atoms with E-state index < -0.39 is 0 Å². The van der Waals surface area contributed by atoms with Crippen LogP contribution in [-0.4, -0.2) is 18.0 Å². The van der Waals surface area contributed by atoms with Gasteiger partial charge in [0.25, 0.3) is 0 Å². The molecule has 1 saturated heterocycles. The molecule has 4 atom stereocenters. The first-order chi connectivity index (χ1) is 10.0. The van der Waals surface area contributed by atoms with Crippen molar-refractivity contribution < 1.29 is 4.79 Å². The zero-order valence-electron chi connectivity index (χ0n) is 13.1. The highest BCUT2D eigenvalue weighted by Gasteiger charge is 2.37. The third kappa shape index (κ3) is 2.98. The van der Waals surface area contributed by atoms with Gasteiger partial charge < -0.3 is 11.1 Å². The predicted molar refractivity (Wildman–Crippen MR) is 85.0 cm³/mol. The van der Waals surface area contributed by atoms with E-state index >= 15 is 0 Å². The van der Waals surface area contributed by atoms with Crippen LogP contribution in [0.3, 0.4) is 0 Å². The van der Waals surface area contributed by atoms with Crippen molar-refractivity contribution in [3.8, 4) is 0 Å². The van der Waals surface area contributed by atoms with Crippen LogP contribution in [0.5, 0.6) is 0 Å². The molecule has 0 radical (unpaired) electrons. The van der Waals surface area contributed by atoms with Gasteiger partial charge in [0.2, 0.25) is 5.91 Å². The summed E-state index contributed by atoms with van der Waals surface area (Å²) in [6, 6.07) is 7.46. The Bertz CT molecular complexity index is 540. The number of benzene rings is 1. The number of fused-ring (bicyclic) bond motifs is 1. The molecule has 1 aromatic carbocycles. The maximum Gasteiger partial charge on any atom is 0.222 e. The predicted octanol–water partition coefficient (Wildman–Crippen LogP) is 2.21. The van der Waals surface area contributed by atoms with E-state index in [0.29, 0.717) is 12.0 Å². The number of carbonyl (C=O) groups is 1. The van der Waals surface area contributed by atoms with Gasteiger partial charge in [-0.15, -0.1) is 0 Å². The largest absolute Gasteiger partial charge is 0.369 e. The van der Waals surface area contributed by atoms with E-state index in [1.165, 1.54) is 36.0 Å². The molecule has 0 bridgehead atoms. The number of amides is 1. The Kier molecular flexibility index (Phi) is 4.03. The number of nitrogens with two attached hydrogens (primary N) is 1. The number of aryl methyl sites for hydroxylation is 2. The minimum Gasteiger partial charge on any atom is -0.369 e. The molecule has 21 heavy (non-hydrogen) atoms. The van der Waals surface area contributed by atoms with Gasteiger partial charge >= 0.3 is 0 Å². The molecule has 1 fully saturated rings. The summed E-state index contributed by atoms with van der Waals surface area (Å²) in [4.78, 5) is 11.8. The van der Waals surface area contributed by atoms with Crippen LogP contribution in [0.25, 0.3) is 0 Å². The second-order valence-corrected chi connectivity index (χ2v) is 6.98. The van der Waals surface area contributed by atoms with Gasteiger partial charge in [-0.1, -0.05) is 25.1 Å². The Morgan fingerprint density at radius 3 is 2.81 bits per heavy atom. The molecule has 2 aliphatic rings. The molecule has 1 heterocycles. The van der Waals surface area contributed by atoms with E-state index in [1.54, 1.807) is 0 Å². The van der Waals surface area contributed by atoms with E-state index in [-0.39, 0.29) is 17.9 Å². The molecule has 114 valence electrons. The fraction of sp³-hybridized carbons (Fsp3) is 0.611. The standard InChI is InChI=1S/C18H26N2O/c1-11-8-12(2)20-16(17(11)18(19)21)10-13-6-7-14-4-3-5-15(14)9-13/h6-7,9,11-12,16-17,20H,3-5,8,10H2,1-2H3,(H2,19,21). The molecule has 1 aliphatic heterocycles. The Hall–Kier alpha value is -1.35. The molecule has 3 N–H and O–H groups in total. The first-order valence-electron chi connectivity index (χ1n) is 8.20. The average Bonchev–Trinajstić information content (AvgIpc) is 2.84. The molecule has 0 spiro atoms. The van der Waals surface area contributed by atoms with E-state index in [4.69, 9.17) is 5.73 Å². The maximum absolute atomic E-state index is 11.8. The zero-order valence-corrected chi connectivity index (χ0v) is 13.1. The first-order valence-corrected chi connectivity index (χ1v) is 8.20. The molecular formula is C18H26N2O. The van der Waals surface area contributed by atoms with Crippen molar-refractivity contribution in [2.24, 2.45) is 17.6 Å². The molecule has 0 aromatic heterocycles. The Balaban J connectivity index is 1.79. The SMILES string of the molecule is CC1CC(C)C(C(N)=O)C(Cc2ccc3c(c2)CCC3)N1. The molecular weight excluding hydrogens is 260 g/mol. The summed E-state index contributed by atoms with van der Waals surface area (Å²) in [6.45, 7) is 4.35. The summed E-state index contributed by atoms with van der Waals surface area (Å²) in [5, 5.41) is 3.59. The van der Waals surface area contributed by atoms with Gasteiger partial charge in [-0.3, -0.25) is 4.79 Å². The number of nitrogens with one attached hydrogen (secondary N) is 1. The van der Waals surface area contributed by atoms with Crippen LogP contribution in [0, 0.1) is 11.8 Å². The van der Waals surface area contributed by atoms with Crippen LogP contribution in [0.15, 0.2) is 18.2 Å². The summed E-state index contributed by atoms with van der Waals surface area (Å²) in [5.41, 5.74) is 10.00. The minimum absolute atomic E-state index is 0.0607. The van der Waals surface area contributed by atoms with E-state index in [1.807, 2.05) is 0 Å². The van der Waals surface area contributed by atoms with E-state index in [0.717, 1.165) is 12.8 Å². The van der Waals surface area contributed by atoms with Crippen molar-refractivity contribution in [2.75, 3.05) is 0 Å². The molecule has 0 saturated carbocycles. The van der Waals surface area contributed by atoms with Gasteiger partial charge in [-0.2, -0.15) is 0 Å². The number of carbonyl (C=O) groups excluding carboxylic acids is 1. The van der Waals surface area contributed by atoms with Crippen molar-refractivity contribution in [1.82, 2.24) is 5.32 Å². The molecule has 1 aromatic rings. The summed E-state index contributed by atoms with van der Waals surface area (Å²) in [6.07, 6.45) is 5.62. The third-order valence-corrected chi connectivity index (χ3v) is 5.22. The van der Waals surface area contributed by atoms with E-state index in [2.05, 4.69) is 37.4 Å². The van der Waals surface area contributed by atoms with Crippen LogP contribution in [-0.2, 0) is 24.1 Å². The number of rotatable bonds is 3. The third-order valence-electron chi connectivity index (χ3n) is 5.22. The van der Waals surface area contributed by atoms with Gasteiger partial charge in [0.1, 0.15) is 0 Å². The lowest BCUT2D eigenvalue weighted by molar-refractivity contribution is -0.125. The Labute approximate surface area is 127 Å². The van der Waals surface area contributed by atoms with Crippen molar-refractivity contribution in [2.45, 2.75) is 58.0 Å². The minimum atomic E-state index is -0.159. The van der Waals surface area contributed by atoms with Crippen LogP contribution in [0.4, 0.5) is 0 Å². The first kappa shape index (κ1) is 14.6. The summed E-state index contributed by atoms with van der Waals surface area (Å²) < 4.78 is 0. The number of primary amides is 1. The Morgan fingerprint density at radius 1 is 1.29 bits per heavy atom. The highest BCUT2D eigenvalue weighted by molar-refractivity contribution is 5.78. The molecule has 3 rings (SSSR count). The second-order valence-electron chi connectivity index (χ2n) is 6.98. The number of hydrogen-bond acceptors (Lipinski definition) is 2. The summed E-state index contributed by atoms with van der Waals surface area (Å²) in [5.74, 6) is 0.140. The van der Waals surface area contributed by atoms with Gasteiger partial charge in [-0.05, 0) is 61.6 Å². The number of hydrogen-bond donors (Lipinski definition) is 2. The Morgan fingerprint density at radius 2 is 2.05 bits per heavy atom. The topological polar surface area (TPSA) is 55.1 Å². The van der Waals surface area contributed by atoms with Crippen molar-refractivity contribution in [1.29, 1.82) is 0 Å². The van der Waals surface area contributed by atoms with E-state index in [9.17, 15) is 4.79 Å². The van der Waals surface area contributed by atoms with Crippen LogP contribution >= 0.6 is 0 Å². The van der Waals surface area contributed by atoms with Crippen LogP contribution in [0.1, 0.15) is 43.4 Å². The quantitative estimate of drug-likeness (QED) is 0.895. The molecule has 3 nitrogen and oxygen atoms in total. The zero-order chi connectivity index (χ0) is 15.0. The summed E-state index contributed by atoms with van der Waals surface area (Å²) >= 11 is 0. The average molecular weight is 286 g/mol. The van der Waals surface area contributed by atoms with Crippen LogP contribution in [0.2, 0.25) is 0 Å². The fourth-order valence-electron chi connectivity index (χ4n) is 4.31. The van der Waals surface area contributed by atoms with Gasteiger partial charge in [0, 0.05) is 12.1 Å². The van der Waals surface area contributed by atoms with Gasteiger partial charge in [0.15, 0.2) is 0 Å². The van der Waals surface area contributed by atoms with Crippen molar-refractivity contribution >= 4 is 5.91 Å².